The zero-order valence-electron chi connectivity index (χ0n) is 9.65. The van der Waals surface area contributed by atoms with Gasteiger partial charge in [0.2, 0.25) is 0 Å². The molecule has 2 N–H and O–H groups in total. The molecule has 0 saturated carbocycles. The van der Waals surface area contributed by atoms with Crippen molar-refractivity contribution in [3.63, 3.8) is 0 Å². The van der Waals surface area contributed by atoms with Crippen LogP contribution in [0.15, 0.2) is 18.5 Å². The number of aryl methyl sites for hydroxylation is 1. The van der Waals surface area contributed by atoms with Crippen LogP contribution >= 0.6 is 0 Å². The monoisotopic (exact) mass is 278 g/mol. The Morgan fingerprint density at radius 3 is 2.58 bits per heavy atom. The predicted octanol–water partition coefficient (Wildman–Crippen LogP) is 0.136. The summed E-state index contributed by atoms with van der Waals surface area (Å²) in [4.78, 5) is 21.6. The summed E-state index contributed by atoms with van der Waals surface area (Å²) in [6.45, 7) is -1.31. The smallest absolute Gasteiger partial charge is 0.405 e. The first-order valence-corrected chi connectivity index (χ1v) is 5.20. The number of carbonyl (C=O) groups excluding carboxylic acids is 1. The topological polar surface area (TPSA) is 83.2 Å². The first kappa shape index (κ1) is 14.9. The quantitative estimate of drug-likeness (QED) is 0.750. The van der Waals surface area contributed by atoms with E-state index >= 15 is 0 Å². The van der Waals surface area contributed by atoms with E-state index in [1.165, 1.54) is 16.9 Å². The summed E-state index contributed by atoms with van der Waals surface area (Å²) in [5, 5.41) is 13.9. The molecule has 1 heterocycles. The Kier molecular flexibility index (Phi) is 4.79. The molecule has 19 heavy (non-hydrogen) atoms. The van der Waals surface area contributed by atoms with Gasteiger partial charge in [0.25, 0.3) is 5.91 Å². The van der Waals surface area contributed by atoms with Crippen LogP contribution in [0, 0.1) is 0 Å². The van der Waals surface area contributed by atoms with Crippen molar-refractivity contribution in [1.29, 1.82) is 0 Å². The molecule has 1 amide bonds. The Morgan fingerprint density at radius 2 is 2.11 bits per heavy atom. The van der Waals surface area contributed by atoms with E-state index in [1.54, 1.807) is 5.32 Å². The number of alkyl halides is 3. The van der Waals surface area contributed by atoms with E-state index in [2.05, 4.69) is 5.10 Å². The molecular weight excluding hydrogens is 267 g/mol. The van der Waals surface area contributed by atoms with Gasteiger partial charge in [0.05, 0.1) is 5.56 Å². The van der Waals surface area contributed by atoms with Gasteiger partial charge in [-0.2, -0.15) is 13.2 Å². The van der Waals surface area contributed by atoms with Crippen LogP contribution in [0.1, 0.15) is 16.8 Å². The van der Waals surface area contributed by atoms with E-state index in [1.807, 2.05) is 0 Å². The summed E-state index contributed by atoms with van der Waals surface area (Å²) in [7, 11) is 0. The van der Waals surface area contributed by atoms with E-state index in [-0.39, 0.29) is 18.5 Å². The second-order valence-electron chi connectivity index (χ2n) is 3.62. The molecule has 0 spiro atoms. The Hall–Kier alpha value is -2.19. The highest BCUT2D eigenvalue weighted by molar-refractivity contribution is 5.93. The molecule has 0 aliphatic carbocycles. The van der Waals surface area contributed by atoms with Gasteiger partial charge in [0, 0.05) is 6.07 Å². The maximum atomic E-state index is 11.9. The molecule has 0 saturated heterocycles. The lowest BCUT2D eigenvalue weighted by atomic mass is 10.3. The number of halogens is 3. The fraction of sp³-hybridized carbons (Fsp3) is 0.400. The standard InChI is InChI=1S/C10H10F3N3O3/c11-10(12,13)6-14-9(19)7-1-3-16(15-5-7)4-2-8(17)18/h1,3,5H,2,4,6H2,(H-,14,17,18,19)/p+1. The number of carbonyl (C=O) groups is 2. The highest BCUT2D eigenvalue weighted by Gasteiger charge is 2.28. The van der Waals surface area contributed by atoms with Gasteiger partial charge in [-0.05, 0) is 5.10 Å². The molecule has 0 aliphatic heterocycles. The van der Waals surface area contributed by atoms with Crippen molar-refractivity contribution in [3.8, 4) is 0 Å². The SMILES string of the molecule is O=C(O)CC[n+]1ccc(C(=O)NCC(F)(F)F)cn1. The molecule has 9 heteroatoms. The van der Waals surface area contributed by atoms with Gasteiger partial charge in [-0.25, -0.2) is 0 Å². The first-order chi connectivity index (χ1) is 8.78. The van der Waals surface area contributed by atoms with Crippen LogP contribution in [0.4, 0.5) is 13.2 Å². The van der Waals surface area contributed by atoms with Crippen molar-refractivity contribution in [2.24, 2.45) is 0 Å². The minimum Gasteiger partial charge on any atom is -0.481 e. The average molecular weight is 278 g/mol. The molecule has 0 unspecified atom stereocenters. The summed E-state index contributed by atoms with van der Waals surface area (Å²) in [6.07, 6.45) is -2.21. The van der Waals surface area contributed by atoms with Gasteiger partial charge in [-0.1, -0.05) is 4.68 Å². The molecule has 104 valence electrons. The van der Waals surface area contributed by atoms with Crippen LogP contribution in [0.25, 0.3) is 0 Å². The third-order valence-corrected chi connectivity index (χ3v) is 2.04. The van der Waals surface area contributed by atoms with Crippen LogP contribution in [-0.4, -0.2) is 34.8 Å². The molecule has 0 bridgehead atoms. The van der Waals surface area contributed by atoms with Crippen molar-refractivity contribution in [3.05, 3.63) is 24.0 Å². The number of carboxylic acids is 1. The van der Waals surface area contributed by atoms with E-state index in [9.17, 15) is 22.8 Å². The van der Waals surface area contributed by atoms with Gasteiger partial charge in [-0.15, -0.1) is 0 Å². The lowest BCUT2D eigenvalue weighted by Gasteiger charge is -2.07. The number of aliphatic carboxylic acids is 1. The second kappa shape index (κ2) is 6.12. The largest absolute Gasteiger partial charge is 0.481 e. The van der Waals surface area contributed by atoms with Crippen LogP contribution in [0.3, 0.4) is 0 Å². The summed E-state index contributed by atoms with van der Waals surface area (Å²) in [5.41, 5.74) is -0.0316. The third kappa shape index (κ3) is 5.80. The summed E-state index contributed by atoms with van der Waals surface area (Å²) >= 11 is 0. The van der Waals surface area contributed by atoms with Gasteiger partial charge in [0.1, 0.15) is 19.2 Å². The highest BCUT2D eigenvalue weighted by atomic mass is 19.4. The zero-order chi connectivity index (χ0) is 14.5. The Bertz CT molecular complexity index is 459. The maximum absolute atomic E-state index is 11.9. The van der Waals surface area contributed by atoms with E-state index in [0.29, 0.717) is 0 Å². The van der Waals surface area contributed by atoms with Gasteiger partial charge < -0.3 is 10.4 Å². The maximum Gasteiger partial charge on any atom is 0.405 e. The van der Waals surface area contributed by atoms with Gasteiger partial charge in [0.15, 0.2) is 12.7 Å². The van der Waals surface area contributed by atoms with Crippen molar-refractivity contribution in [2.45, 2.75) is 19.1 Å². The average Bonchev–Trinajstić information content (AvgIpc) is 2.33. The number of hydrogen-bond donors (Lipinski definition) is 2. The van der Waals surface area contributed by atoms with E-state index < -0.39 is 24.6 Å². The molecular formula is C10H11F3N3O3+. The number of nitrogens with one attached hydrogen (secondary N) is 1. The van der Waals surface area contributed by atoms with Crippen molar-refractivity contribution in [1.82, 2.24) is 10.4 Å². The van der Waals surface area contributed by atoms with E-state index in [4.69, 9.17) is 5.11 Å². The summed E-state index contributed by atoms with van der Waals surface area (Å²) < 4.78 is 36.9. The first-order valence-electron chi connectivity index (χ1n) is 5.20. The second-order valence-corrected chi connectivity index (χ2v) is 3.62. The van der Waals surface area contributed by atoms with Crippen LogP contribution in [0.2, 0.25) is 0 Å². The predicted molar refractivity (Wildman–Crippen MR) is 55.1 cm³/mol. The molecule has 1 aromatic heterocycles. The highest BCUT2D eigenvalue weighted by Crippen LogP contribution is 2.12. The van der Waals surface area contributed by atoms with Crippen LogP contribution < -0.4 is 10.00 Å². The fourth-order valence-corrected chi connectivity index (χ4v) is 1.14. The molecule has 1 rings (SSSR count). The Morgan fingerprint density at radius 1 is 1.42 bits per heavy atom. The normalized spacial score (nSPS) is 11.1. The molecule has 0 radical (unpaired) electrons. The number of nitrogens with zero attached hydrogens (tertiary/aromatic N) is 2. The lowest BCUT2D eigenvalue weighted by molar-refractivity contribution is -0.753. The zero-order valence-corrected chi connectivity index (χ0v) is 9.65. The Balaban J connectivity index is 2.55. The molecule has 0 atom stereocenters. The molecule has 0 aromatic carbocycles. The number of carboxylic acid groups (broad SMARTS) is 1. The fourth-order valence-electron chi connectivity index (χ4n) is 1.14. The number of amides is 1. The molecule has 0 aliphatic rings. The summed E-state index contributed by atoms with van der Waals surface area (Å²) in [6, 6.07) is 1.26. The number of rotatable bonds is 5. The van der Waals surface area contributed by atoms with Crippen molar-refractivity contribution < 1.29 is 32.5 Å². The van der Waals surface area contributed by atoms with Gasteiger partial charge in [-0.3, -0.25) is 9.59 Å². The number of aromatic nitrogens is 2. The number of hydrogen-bond acceptors (Lipinski definition) is 3. The summed E-state index contributed by atoms with van der Waals surface area (Å²) in [5.74, 6) is -1.89. The molecule has 0 fully saturated rings. The van der Waals surface area contributed by atoms with Gasteiger partial charge >= 0.3 is 12.1 Å². The van der Waals surface area contributed by atoms with Crippen molar-refractivity contribution >= 4 is 11.9 Å². The third-order valence-electron chi connectivity index (χ3n) is 2.04. The molecule has 6 nitrogen and oxygen atoms in total. The Labute approximate surface area is 105 Å². The molecule has 1 aromatic rings. The van der Waals surface area contributed by atoms with Crippen LogP contribution in [-0.2, 0) is 11.3 Å². The van der Waals surface area contributed by atoms with E-state index in [0.717, 1.165) is 6.20 Å². The lowest BCUT2D eigenvalue weighted by Crippen LogP contribution is -2.39. The minimum absolute atomic E-state index is 0.0316. The minimum atomic E-state index is -4.47. The van der Waals surface area contributed by atoms with Crippen molar-refractivity contribution in [2.75, 3.05) is 6.54 Å². The van der Waals surface area contributed by atoms with Crippen LogP contribution in [0.5, 0.6) is 0 Å².